The summed E-state index contributed by atoms with van der Waals surface area (Å²) in [5, 5.41) is 0. The minimum absolute atomic E-state index is 0.0895. The van der Waals surface area contributed by atoms with Gasteiger partial charge in [-0.3, -0.25) is 0 Å². The third kappa shape index (κ3) is 19.0. The average molecular weight is 202 g/mol. The molecule has 0 radical (unpaired) electrons. The summed E-state index contributed by atoms with van der Waals surface area (Å²) in [7, 11) is 8.22. The molecule has 0 unspecified atom stereocenters. The highest BCUT2D eigenvalue weighted by Gasteiger charge is 1.70. The molecule has 5 heteroatoms. The van der Waals surface area contributed by atoms with Crippen LogP contribution in [0.15, 0.2) is 10.0 Å². The van der Waals surface area contributed by atoms with E-state index in [1.807, 2.05) is 0 Å². The topological polar surface area (TPSA) is 0 Å². The minimum Gasteiger partial charge on any atom is -0.0904 e. The second-order valence-electron chi connectivity index (χ2n) is 0.399. The van der Waals surface area contributed by atoms with Crippen LogP contribution in [-0.2, 0) is 0 Å². The summed E-state index contributed by atoms with van der Waals surface area (Å²) < 4.78 is 0.0895. The lowest BCUT2D eigenvalue weighted by molar-refractivity contribution is 2.36. The molecule has 0 aromatic carbocycles. The molecule has 0 fully saturated rings. The van der Waals surface area contributed by atoms with Gasteiger partial charge in [-0.1, -0.05) is 34.8 Å². The third-order valence-electron chi connectivity index (χ3n) is 0.0825. The molecule has 0 aromatic rings. The molecular formula is C2HCl5. The van der Waals surface area contributed by atoms with Crippen LogP contribution in [0.3, 0.4) is 0 Å². The Morgan fingerprint density at radius 2 is 1.29 bits per heavy atom. The van der Waals surface area contributed by atoms with Gasteiger partial charge in [0.2, 0.25) is 0 Å². The molecule has 0 nitrogen and oxygen atoms in total. The Hall–Kier alpha value is 1.19. The van der Waals surface area contributed by atoms with Crippen LogP contribution in [0.1, 0.15) is 0 Å². The Morgan fingerprint density at radius 1 is 1.14 bits per heavy atom. The zero-order valence-electron chi connectivity index (χ0n) is 2.97. The van der Waals surface area contributed by atoms with Crippen molar-refractivity contribution < 1.29 is 0 Å². The summed E-state index contributed by atoms with van der Waals surface area (Å²) in [4.78, 5) is 0. The highest BCUT2D eigenvalue weighted by molar-refractivity contribution is 6.85. The van der Waals surface area contributed by atoms with Crippen LogP contribution < -0.4 is 0 Å². The fourth-order valence-electron chi connectivity index (χ4n) is 0. The van der Waals surface area contributed by atoms with Gasteiger partial charge in [-0.25, -0.2) is 0 Å². The maximum absolute atomic E-state index is 4.96. The second kappa shape index (κ2) is 10.2. The molecule has 0 aromatic heterocycles. The van der Waals surface area contributed by atoms with Gasteiger partial charge in [0.25, 0.3) is 0 Å². The molecule has 0 saturated carbocycles. The van der Waals surface area contributed by atoms with Gasteiger partial charge < -0.3 is 0 Å². The van der Waals surface area contributed by atoms with Gasteiger partial charge in [0.15, 0.2) is 0 Å². The summed E-state index contributed by atoms with van der Waals surface area (Å²) in [5.41, 5.74) is 1.09. The number of halogens is 5. The van der Waals surface area contributed by atoms with E-state index in [4.69, 9.17) is 34.8 Å². The quantitative estimate of drug-likeness (QED) is 0.559. The molecule has 0 saturated heterocycles. The maximum Gasteiger partial charge on any atom is 0.118 e. The average Bonchev–Trinajstić information content (AvgIpc) is 1.73. The van der Waals surface area contributed by atoms with Crippen molar-refractivity contribution in [3.05, 3.63) is 10.0 Å². The van der Waals surface area contributed by atoms with E-state index >= 15 is 0 Å². The maximum atomic E-state index is 4.96. The van der Waals surface area contributed by atoms with Crippen LogP contribution >= 0.6 is 56.5 Å². The van der Waals surface area contributed by atoms with Gasteiger partial charge in [-0.2, -0.15) is 0 Å². The van der Waals surface area contributed by atoms with Gasteiger partial charge in [-0.05, 0) is 0 Å². The van der Waals surface area contributed by atoms with Gasteiger partial charge in [-0.15, -0.1) is 0 Å². The summed E-state index contributed by atoms with van der Waals surface area (Å²) in [6.07, 6.45) is 0. The van der Waals surface area contributed by atoms with E-state index < -0.39 is 0 Å². The second-order valence-corrected chi connectivity index (χ2v) is 1.62. The largest absolute Gasteiger partial charge is 0.118 e. The Bertz CT molecular complexity index is 44.0. The van der Waals surface area contributed by atoms with Crippen LogP contribution in [0.2, 0.25) is 0 Å². The first-order valence-electron chi connectivity index (χ1n) is 1.03. The molecule has 0 spiro atoms. The molecule has 0 bridgehead atoms. The molecule has 0 aliphatic rings. The zero-order valence-corrected chi connectivity index (χ0v) is 6.75. The van der Waals surface area contributed by atoms with Crippen molar-refractivity contribution >= 4 is 56.5 Å². The minimum atomic E-state index is 0.0895. The first kappa shape index (κ1) is 11.0. The molecule has 44 valence electrons. The van der Waals surface area contributed by atoms with E-state index in [2.05, 4.69) is 21.7 Å². The van der Waals surface area contributed by atoms with E-state index in [-0.39, 0.29) is 4.49 Å². The van der Waals surface area contributed by atoms with Crippen molar-refractivity contribution in [2.75, 3.05) is 0 Å². The van der Waals surface area contributed by atoms with E-state index in [1.165, 1.54) is 0 Å². The molecule has 0 aliphatic heterocycles. The lowest BCUT2D eigenvalue weighted by atomic mass is 11.2. The first-order valence-corrected chi connectivity index (χ1v) is 3.36. The number of hydrogen-bond donors (Lipinski definition) is 0. The summed E-state index contributed by atoms with van der Waals surface area (Å²) in [6.45, 7) is 0. The number of rotatable bonds is 0. The van der Waals surface area contributed by atoms with Crippen molar-refractivity contribution in [1.82, 2.24) is 0 Å². The SMILES string of the molecule is ClC=C(Cl)Cl.ClCl. The molecule has 0 aliphatic carbocycles. The van der Waals surface area contributed by atoms with Gasteiger partial charge in [0, 0.05) is 27.2 Å². The van der Waals surface area contributed by atoms with Crippen LogP contribution in [0.4, 0.5) is 0 Å². The van der Waals surface area contributed by atoms with Crippen LogP contribution in [-0.4, -0.2) is 0 Å². The van der Waals surface area contributed by atoms with Crippen molar-refractivity contribution in [3.63, 3.8) is 0 Å². The Balaban J connectivity index is 0. The highest BCUT2D eigenvalue weighted by Crippen LogP contribution is 2.05. The smallest absolute Gasteiger partial charge is 0.0904 e. The third-order valence-corrected chi connectivity index (χ3v) is 0.742. The molecule has 0 rings (SSSR count). The summed E-state index contributed by atoms with van der Waals surface area (Å²) >= 11 is 14.8. The lowest BCUT2D eigenvalue weighted by Crippen LogP contribution is -1.33. The van der Waals surface area contributed by atoms with Crippen LogP contribution in [0, 0.1) is 0 Å². The highest BCUT2D eigenvalue weighted by atomic mass is 36.5. The Labute approximate surface area is 66.5 Å². The van der Waals surface area contributed by atoms with Crippen molar-refractivity contribution in [3.8, 4) is 0 Å². The molecule has 7 heavy (non-hydrogen) atoms. The van der Waals surface area contributed by atoms with Crippen LogP contribution in [0.25, 0.3) is 0 Å². The fourth-order valence-corrected chi connectivity index (χ4v) is 0. The summed E-state index contributed by atoms with van der Waals surface area (Å²) in [6, 6.07) is 0. The number of hydrogen-bond acceptors (Lipinski definition) is 0. The standard InChI is InChI=1S/C2HCl3.Cl2/c3-1-2(4)5;1-2/h1H;. The van der Waals surface area contributed by atoms with E-state index in [1.54, 1.807) is 0 Å². The first-order chi connectivity index (χ1) is 3.27. The van der Waals surface area contributed by atoms with Crippen LogP contribution in [0.5, 0.6) is 0 Å². The fraction of sp³-hybridized carbons (Fsp3) is 0. The van der Waals surface area contributed by atoms with E-state index in [9.17, 15) is 0 Å². The van der Waals surface area contributed by atoms with E-state index in [0.717, 1.165) is 5.54 Å². The van der Waals surface area contributed by atoms with Crippen molar-refractivity contribution in [1.29, 1.82) is 0 Å². The predicted molar refractivity (Wildman–Crippen MR) is 37.3 cm³/mol. The summed E-state index contributed by atoms with van der Waals surface area (Å²) in [5.74, 6) is 0. The molecule has 0 heterocycles. The van der Waals surface area contributed by atoms with Crippen molar-refractivity contribution in [2.45, 2.75) is 0 Å². The van der Waals surface area contributed by atoms with E-state index in [0.29, 0.717) is 0 Å². The monoisotopic (exact) mass is 200 g/mol. The van der Waals surface area contributed by atoms with Gasteiger partial charge in [0.1, 0.15) is 4.49 Å². The molecular weight excluding hydrogens is 201 g/mol. The van der Waals surface area contributed by atoms with Gasteiger partial charge in [0.05, 0.1) is 0 Å². The predicted octanol–water partition coefficient (Wildman–Crippen LogP) is 3.88. The molecule has 0 atom stereocenters. The normalized spacial score (nSPS) is 5.86. The Kier molecular flexibility index (Phi) is 16.1. The molecule has 0 N–H and O–H groups in total. The van der Waals surface area contributed by atoms with Gasteiger partial charge >= 0.3 is 0 Å². The lowest BCUT2D eigenvalue weighted by Gasteiger charge is -1.64. The van der Waals surface area contributed by atoms with Crippen molar-refractivity contribution in [2.24, 2.45) is 0 Å². The Morgan fingerprint density at radius 3 is 1.29 bits per heavy atom. The zero-order chi connectivity index (χ0) is 6.28. The molecule has 0 amide bonds.